The molecule has 4 rings (SSSR count). The van der Waals surface area contributed by atoms with Crippen LogP contribution in [0.25, 0.3) is 21.9 Å². The van der Waals surface area contributed by atoms with Gasteiger partial charge in [0, 0.05) is 22.5 Å². The van der Waals surface area contributed by atoms with E-state index in [-0.39, 0.29) is 18.3 Å². The minimum absolute atomic E-state index is 0.348. The van der Waals surface area contributed by atoms with Gasteiger partial charge in [-0.3, -0.25) is 0 Å². The summed E-state index contributed by atoms with van der Waals surface area (Å²) in [4.78, 5) is 7.82. The highest BCUT2D eigenvalue weighted by atomic mass is 16.7. The Balaban J connectivity index is 1.93. The van der Waals surface area contributed by atoms with Gasteiger partial charge in [-0.05, 0) is 45.3 Å². The van der Waals surface area contributed by atoms with E-state index in [2.05, 4.69) is 49.8 Å². The molecule has 1 aliphatic rings. The second-order valence-corrected chi connectivity index (χ2v) is 6.88. The lowest BCUT2D eigenvalue weighted by Gasteiger charge is -2.32. The van der Waals surface area contributed by atoms with Gasteiger partial charge >= 0.3 is 7.12 Å². The first kappa shape index (κ1) is 13.8. The lowest BCUT2D eigenvalue weighted by molar-refractivity contribution is 0.00578. The Morgan fingerprint density at radius 1 is 1.00 bits per heavy atom. The van der Waals surface area contributed by atoms with Crippen LogP contribution in [-0.2, 0) is 9.31 Å². The number of nitrogens with zero attached hydrogens (tertiary/aromatic N) is 1. The SMILES string of the molecule is CC1(C)OB(c2ccnc3[nH]c4ccccc4c23)OC1(C)C. The summed E-state index contributed by atoms with van der Waals surface area (Å²) < 4.78 is 12.4. The van der Waals surface area contributed by atoms with E-state index in [1.54, 1.807) is 6.20 Å². The van der Waals surface area contributed by atoms with Crippen LogP contribution in [-0.4, -0.2) is 28.3 Å². The Bertz CT molecular complexity index is 853. The van der Waals surface area contributed by atoms with E-state index < -0.39 is 0 Å². The Morgan fingerprint density at radius 3 is 2.41 bits per heavy atom. The van der Waals surface area contributed by atoms with Crippen molar-refractivity contribution in [3.05, 3.63) is 36.5 Å². The van der Waals surface area contributed by atoms with E-state index in [4.69, 9.17) is 9.31 Å². The number of fused-ring (bicyclic) bond motifs is 3. The summed E-state index contributed by atoms with van der Waals surface area (Å²) in [6.45, 7) is 8.28. The molecule has 1 fully saturated rings. The van der Waals surface area contributed by atoms with Gasteiger partial charge in [0.1, 0.15) is 5.65 Å². The first-order valence-corrected chi connectivity index (χ1v) is 7.60. The van der Waals surface area contributed by atoms with Gasteiger partial charge in [0.25, 0.3) is 0 Å². The molecule has 0 unspecified atom stereocenters. The van der Waals surface area contributed by atoms with Gasteiger partial charge in [-0.25, -0.2) is 4.98 Å². The Morgan fingerprint density at radius 2 is 1.68 bits per heavy atom. The van der Waals surface area contributed by atoms with Crippen LogP contribution in [0.4, 0.5) is 0 Å². The molecule has 22 heavy (non-hydrogen) atoms. The highest BCUT2D eigenvalue weighted by Gasteiger charge is 2.52. The molecule has 5 heteroatoms. The summed E-state index contributed by atoms with van der Waals surface area (Å²) in [6.07, 6.45) is 1.80. The average molecular weight is 294 g/mol. The lowest BCUT2D eigenvalue weighted by atomic mass is 9.77. The van der Waals surface area contributed by atoms with Gasteiger partial charge in [0.05, 0.1) is 11.2 Å². The molecule has 0 bridgehead atoms. The zero-order chi connectivity index (χ0) is 15.5. The maximum Gasteiger partial charge on any atom is 0.495 e. The molecule has 0 amide bonds. The van der Waals surface area contributed by atoms with Gasteiger partial charge in [-0.1, -0.05) is 18.2 Å². The van der Waals surface area contributed by atoms with E-state index in [9.17, 15) is 0 Å². The number of H-pyrrole nitrogens is 1. The molecule has 0 aliphatic carbocycles. The number of pyridine rings is 1. The maximum atomic E-state index is 6.21. The molecular formula is C17H19BN2O2. The predicted octanol–water partition coefficient (Wildman–Crippen LogP) is 3.02. The van der Waals surface area contributed by atoms with Crippen molar-refractivity contribution in [1.29, 1.82) is 0 Å². The van der Waals surface area contributed by atoms with Crippen molar-refractivity contribution in [3.63, 3.8) is 0 Å². The van der Waals surface area contributed by atoms with Crippen molar-refractivity contribution < 1.29 is 9.31 Å². The first-order valence-electron chi connectivity index (χ1n) is 7.60. The number of benzene rings is 1. The van der Waals surface area contributed by atoms with Crippen molar-refractivity contribution in [1.82, 2.24) is 9.97 Å². The number of aromatic amines is 1. The van der Waals surface area contributed by atoms with Crippen molar-refractivity contribution in [2.24, 2.45) is 0 Å². The molecule has 1 aromatic carbocycles. The van der Waals surface area contributed by atoms with Crippen molar-refractivity contribution in [2.75, 3.05) is 0 Å². The van der Waals surface area contributed by atoms with Crippen LogP contribution in [0.1, 0.15) is 27.7 Å². The zero-order valence-corrected chi connectivity index (χ0v) is 13.3. The van der Waals surface area contributed by atoms with Crippen LogP contribution >= 0.6 is 0 Å². The zero-order valence-electron chi connectivity index (χ0n) is 13.3. The summed E-state index contributed by atoms with van der Waals surface area (Å²) in [7, 11) is -0.380. The van der Waals surface area contributed by atoms with Gasteiger partial charge in [0.2, 0.25) is 0 Å². The smallest absolute Gasteiger partial charge is 0.399 e. The largest absolute Gasteiger partial charge is 0.495 e. The number of hydrogen-bond acceptors (Lipinski definition) is 3. The third-order valence-electron chi connectivity index (χ3n) is 4.94. The van der Waals surface area contributed by atoms with E-state index in [0.29, 0.717) is 0 Å². The average Bonchev–Trinajstić information content (AvgIpc) is 2.93. The lowest BCUT2D eigenvalue weighted by Crippen LogP contribution is -2.41. The Kier molecular flexibility index (Phi) is 2.72. The summed E-state index contributed by atoms with van der Waals surface area (Å²) in [6, 6.07) is 10.2. The van der Waals surface area contributed by atoms with E-state index in [0.717, 1.165) is 27.4 Å². The normalized spacial score (nSPS) is 20.1. The summed E-state index contributed by atoms with van der Waals surface area (Å²) in [5.41, 5.74) is 2.28. The topological polar surface area (TPSA) is 47.1 Å². The van der Waals surface area contributed by atoms with Gasteiger partial charge in [-0.15, -0.1) is 0 Å². The van der Waals surface area contributed by atoms with Crippen LogP contribution in [0.2, 0.25) is 0 Å². The molecule has 3 heterocycles. The number of rotatable bonds is 1. The van der Waals surface area contributed by atoms with Crippen LogP contribution in [0.5, 0.6) is 0 Å². The maximum absolute atomic E-state index is 6.21. The van der Waals surface area contributed by atoms with Gasteiger partial charge < -0.3 is 14.3 Å². The molecule has 112 valence electrons. The van der Waals surface area contributed by atoms with Gasteiger partial charge in [0.15, 0.2) is 0 Å². The second-order valence-electron chi connectivity index (χ2n) is 6.88. The second kappa shape index (κ2) is 4.34. The Labute approximate surface area is 130 Å². The molecule has 0 saturated carbocycles. The van der Waals surface area contributed by atoms with Crippen LogP contribution in [0.15, 0.2) is 36.5 Å². The number of para-hydroxylation sites is 1. The summed E-state index contributed by atoms with van der Waals surface area (Å²) >= 11 is 0. The molecule has 0 radical (unpaired) electrons. The molecule has 0 atom stereocenters. The summed E-state index contributed by atoms with van der Waals surface area (Å²) in [5, 5.41) is 2.23. The Hall–Kier alpha value is -1.85. The predicted molar refractivity (Wildman–Crippen MR) is 89.3 cm³/mol. The highest BCUT2D eigenvalue weighted by molar-refractivity contribution is 6.65. The fraction of sp³-hybridized carbons (Fsp3) is 0.353. The number of hydrogen-bond donors (Lipinski definition) is 1. The van der Waals surface area contributed by atoms with E-state index in [1.807, 2.05) is 18.2 Å². The van der Waals surface area contributed by atoms with Crippen molar-refractivity contribution in [3.8, 4) is 0 Å². The minimum atomic E-state index is -0.380. The number of nitrogens with one attached hydrogen (secondary N) is 1. The van der Waals surface area contributed by atoms with Crippen LogP contribution in [0.3, 0.4) is 0 Å². The standard InChI is InChI=1S/C17H19BN2O2/c1-16(2)17(3,4)22-18(21-16)12-9-10-19-15-14(12)11-7-5-6-8-13(11)20-15/h5-10H,1-4H3,(H,19,20). The van der Waals surface area contributed by atoms with Crippen molar-refractivity contribution >= 4 is 34.5 Å². The van der Waals surface area contributed by atoms with Gasteiger partial charge in [-0.2, -0.15) is 0 Å². The first-order chi connectivity index (χ1) is 10.4. The van der Waals surface area contributed by atoms with E-state index >= 15 is 0 Å². The molecular weight excluding hydrogens is 275 g/mol. The molecule has 1 aliphatic heterocycles. The van der Waals surface area contributed by atoms with Crippen LogP contribution < -0.4 is 5.46 Å². The third-order valence-corrected chi connectivity index (χ3v) is 4.94. The number of aromatic nitrogens is 2. The van der Waals surface area contributed by atoms with E-state index in [1.165, 1.54) is 0 Å². The quantitative estimate of drug-likeness (QED) is 0.702. The minimum Gasteiger partial charge on any atom is -0.399 e. The fourth-order valence-corrected chi connectivity index (χ4v) is 2.96. The fourth-order valence-electron chi connectivity index (χ4n) is 2.96. The molecule has 4 nitrogen and oxygen atoms in total. The molecule has 1 N–H and O–H groups in total. The monoisotopic (exact) mass is 294 g/mol. The highest BCUT2D eigenvalue weighted by Crippen LogP contribution is 2.37. The van der Waals surface area contributed by atoms with Crippen LogP contribution in [0, 0.1) is 0 Å². The molecule has 0 spiro atoms. The summed E-state index contributed by atoms with van der Waals surface area (Å²) in [5.74, 6) is 0. The molecule has 1 saturated heterocycles. The molecule has 2 aromatic heterocycles. The third kappa shape index (κ3) is 1.82. The van der Waals surface area contributed by atoms with Crippen molar-refractivity contribution in [2.45, 2.75) is 38.9 Å². The molecule has 3 aromatic rings.